The minimum atomic E-state index is 0.0337. The molecule has 0 spiro atoms. The molecular formula is C22H24N2O3. The Labute approximate surface area is 159 Å². The van der Waals surface area contributed by atoms with Gasteiger partial charge in [0.15, 0.2) is 0 Å². The van der Waals surface area contributed by atoms with Gasteiger partial charge >= 0.3 is 0 Å². The molecule has 0 bridgehead atoms. The minimum Gasteiger partial charge on any atom is -0.493 e. The molecule has 2 aliphatic rings. The maximum atomic E-state index is 12.9. The Morgan fingerprint density at radius 3 is 2.37 bits per heavy atom. The predicted octanol–water partition coefficient (Wildman–Crippen LogP) is 2.92. The summed E-state index contributed by atoms with van der Waals surface area (Å²) < 4.78 is 5.63. The normalized spacial score (nSPS) is 16.5. The maximum absolute atomic E-state index is 12.9. The molecule has 2 aromatic rings. The molecule has 27 heavy (non-hydrogen) atoms. The van der Waals surface area contributed by atoms with Crippen LogP contribution in [0.3, 0.4) is 0 Å². The van der Waals surface area contributed by atoms with E-state index < -0.39 is 0 Å². The van der Waals surface area contributed by atoms with E-state index >= 15 is 0 Å². The van der Waals surface area contributed by atoms with Crippen molar-refractivity contribution in [1.29, 1.82) is 0 Å². The third kappa shape index (κ3) is 3.54. The van der Waals surface area contributed by atoms with Crippen LogP contribution in [0.15, 0.2) is 42.5 Å². The molecule has 2 aromatic carbocycles. The number of hydrogen-bond acceptors (Lipinski definition) is 3. The SMILES string of the molecule is Cc1ccccc1C(=O)N1CCN(C(=O)c2ccc3c(c2)CCCO3)CC1. The lowest BCUT2D eigenvalue weighted by atomic mass is 10.0. The van der Waals surface area contributed by atoms with Gasteiger partial charge in [-0.25, -0.2) is 0 Å². The zero-order chi connectivity index (χ0) is 18.8. The van der Waals surface area contributed by atoms with E-state index in [2.05, 4.69) is 0 Å². The molecule has 0 saturated carbocycles. The first-order valence-electron chi connectivity index (χ1n) is 9.53. The highest BCUT2D eigenvalue weighted by atomic mass is 16.5. The first-order valence-corrected chi connectivity index (χ1v) is 9.53. The largest absolute Gasteiger partial charge is 0.493 e. The minimum absolute atomic E-state index is 0.0337. The van der Waals surface area contributed by atoms with Crippen molar-refractivity contribution >= 4 is 11.8 Å². The fourth-order valence-corrected chi connectivity index (χ4v) is 3.77. The predicted molar refractivity (Wildman–Crippen MR) is 103 cm³/mol. The Balaban J connectivity index is 1.41. The monoisotopic (exact) mass is 364 g/mol. The summed E-state index contributed by atoms with van der Waals surface area (Å²) in [7, 11) is 0. The Hall–Kier alpha value is -2.82. The van der Waals surface area contributed by atoms with Crippen LogP contribution in [0.25, 0.3) is 0 Å². The maximum Gasteiger partial charge on any atom is 0.254 e. The lowest BCUT2D eigenvalue weighted by Gasteiger charge is -2.35. The lowest BCUT2D eigenvalue weighted by Crippen LogP contribution is -2.50. The summed E-state index contributed by atoms with van der Waals surface area (Å²) in [5.74, 6) is 0.976. The average Bonchev–Trinajstić information content (AvgIpc) is 2.73. The van der Waals surface area contributed by atoms with Crippen LogP contribution in [0.4, 0.5) is 0 Å². The number of aryl methyl sites for hydroxylation is 2. The van der Waals surface area contributed by atoms with E-state index in [0.717, 1.165) is 41.9 Å². The Bertz CT molecular complexity index is 870. The van der Waals surface area contributed by atoms with Crippen LogP contribution >= 0.6 is 0 Å². The number of ether oxygens (including phenoxy) is 1. The third-order valence-electron chi connectivity index (χ3n) is 5.39. The number of carbonyl (C=O) groups excluding carboxylic acids is 2. The number of rotatable bonds is 2. The van der Waals surface area contributed by atoms with Crippen LogP contribution in [-0.2, 0) is 6.42 Å². The Morgan fingerprint density at radius 1 is 0.926 bits per heavy atom. The number of amides is 2. The van der Waals surface area contributed by atoms with Crippen molar-refractivity contribution in [3.8, 4) is 5.75 Å². The van der Waals surface area contributed by atoms with Gasteiger partial charge in [-0.1, -0.05) is 18.2 Å². The first kappa shape index (κ1) is 17.6. The van der Waals surface area contributed by atoms with E-state index in [4.69, 9.17) is 4.74 Å². The molecule has 4 rings (SSSR count). The molecular weight excluding hydrogens is 340 g/mol. The summed E-state index contributed by atoms with van der Waals surface area (Å²) in [5.41, 5.74) is 3.54. The van der Waals surface area contributed by atoms with Crippen LogP contribution in [-0.4, -0.2) is 54.4 Å². The molecule has 1 fully saturated rings. The van der Waals surface area contributed by atoms with Gasteiger partial charge in [-0.2, -0.15) is 0 Å². The highest BCUT2D eigenvalue weighted by molar-refractivity contribution is 5.97. The van der Waals surface area contributed by atoms with E-state index in [1.807, 2.05) is 59.2 Å². The van der Waals surface area contributed by atoms with Crippen molar-refractivity contribution < 1.29 is 14.3 Å². The molecule has 1 saturated heterocycles. The van der Waals surface area contributed by atoms with Gasteiger partial charge in [-0.05, 0) is 55.2 Å². The fourth-order valence-electron chi connectivity index (χ4n) is 3.77. The first-order chi connectivity index (χ1) is 13.1. The number of fused-ring (bicyclic) bond motifs is 1. The highest BCUT2D eigenvalue weighted by Gasteiger charge is 2.26. The molecule has 140 valence electrons. The van der Waals surface area contributed by atoms with Gasteiger partial charge in [0.2, 0.25) is 0 Å². The van der Waals surface area contributed by atoms with Gasteiger partial charge in [0, 0.05) is 37.3 Å². The molecule has 5 nitrogen and oxygen atoms in total. The van der Waals surface area contributed by atoms with Crippen molar-refractivity contribution in [2.24, 2.45) is 0 Å². The molecule has 0 aromatic heterocycles. The van der Waals surface area contributed by atoms with Crippen LogP contribution in [0.2, 0.25) is 0 Å². The topological polar surface area (TPSA) is 49.9 Å². The van der Waals surface area contributed by atoms with Crippen LogP contribution in [0, 0.1) is 6.92 Å². The standard InChI is InChI=1S/C22H24N2O3/c1-16-5-2-3-7-19(16)22(26)24-12-10-23(11-13-24)21(25)18-8-9-20-17(15-18)6-4-14-27-20/h2-3,5,7-9,15H,4,6,10-14H2,1H3. The van der Waals surface area contributed by atoms with Crippen LogP contribution < -0.4 is 4.74 Å². The second-order valence-electron chi connectivity index (χ2n) is 7.17. The Morgan fingerprint density at radius 2 is 1.63 bits per heavy atom. The van der Waals surface area contributed by atoms with E-state index in [-0.39, 0.29) is 11.8 Å². The molecule has 2 heterocycles. The van der Waals surface area contributed by atoms with Crippen molar-refractivity contribution in [3.63, 3.8) is 0 Å². The number of hydrogen-bond donors (Lipinski definition) is 0. The lowest BCUT2D eigenvalue weighted by molar-refractivity contribution is 0.0535. The van der Waals surface area contributed by atoms with Gasteiger partial charge in [0.05, 0.1) is 6.61 Å². The zero-order valence-corrected chi connectivity index (χ0v) is 15.6. The van der Waals surface area contributed by atoms with Gasteiger partial charge in [-0.3, -0.25) is 9.59 Å². The molecule has 0 radical (unpaired) electrons. The highest BCUT2D eigenvalue weighted by Crippen LogP contribution is 2.26. The van der Waals surface area contributed by atoms with E-state index in [9.17, 15) is 9.59 Å². The van der Waals surface area contributed by atoms with Gasteiger partial charge in [0.1, 0.15) is 5.75 Å². The molecule has 2 amide bonds. The molecule has 0 aliphatic carbocycles. The van der Waals surface area contributed by atoms with Crippen molar-refractivity contribution in [2.45, 2.75) is 19.8 Å². The second-order valence-corrected chi connectivity index (χ2v) is 7.17. The van der Waals surface area contributed by atoms with E-state index in [0.29, 0.717) is 31.7 Å². The number of piperazine rings is 1. The number of benzene rings is 2. The molecule has 0 unspecified atom stereocenters. The van der Waals surface area contributed by atoms with E-state index in [1.165, 1.54) is 0 Å². The van der Waals surface area contributed by atoms with Gasteiger partial charge in [0.25, 0.3) is 11.8 Å². The van der Waals surface area contributed by atoms with Crippen molar-refractivity contribution in [2.75, 3.05) is 32.8 Å². The molecule has 0 atom stereocenters. The smallest absolute Gasteiger partial charge is 0.254 e. The molecule has 2 aliphatic heterocycles. The summed E-state index contributed by atoms with van der Waals surface area (Å²) in [6.45, 7) is 4.94. The van der Waals surface area contributed by atoms with Crippen molar-refractivity contribution in [3.05, 3.63) is 64.7 Å². The summed E-state index contributed by atoms with van der Waals surface area (Å²) in [6, 6.07) is 13.3. The van der Waals surface area contributed by atoms with Crippen molar-refractivity contribution in [1.82, 2.24) is 9.80 Å². The quantitative estimate of drug-likeness (QED) is 0.823. The zero-order valence-electron chi connectivity index (χ0n) is 15.6. The second kappa shape index (κ2) is 7.43. The van der Waals surface area contributed by atoms with Gasteiger partial charge < -0.3 is 14.5 Å². The summed E-state index contributed by atoms with van der Waals surface area (Å²) >= 11 is 0. The fraction of sp³-hybridized carbons (Fsp3) is 0.364. The Kier molecular flexibility index (Phi) is 4.84. The average molecular weight is 364 g/mol. The molecule has 5 heteroatoms. The number of nitrogens with zero attached hydrogens (tertiary/aromatic N) is 2. The summed E-state index contributed by atoms with van der Waals surface area (Å²) in [5, 5.41) is 0. The van der Waals surface area contributed by atoms with Crippen LogP contribution in [0.5, 0.6) is 5.75 Å². The van der Waals surface area contributed by atoms with Gasteiger partial charge in [-0.15, -0.1) is 0 Å². The number of carbonyl (C=O) groups is 2. The third-order valence-corrected chi connectivity index (χ3v) is 5.39. The molecule has 0 N–H and O–H groups in total. The van der Waals surface area contributed by atoms with E-state index in [1.54, 1.807) is 0 Å². The summed E-state index contributed by atoms with van der Waals surface area (Å²) in [6.07, 6.45) is 1.94. The van der Waals surface area contributed by atoms with Crippen LogP contribution in [0.1, 0.15) is 38.3 Å². The summed E-state index contributed by atoms with van der Waals surface area (Å²) in [4.78, 5) is 29.3.